The molecule has 2 rings (SSSR count). The number of hydrogen-bond donors (Lipinski definition) is 2. The molecule has 0 amide bonds. The number of nitrogens with two attached hydrogens (primary N) is 1. The van der Waals surface area contributed by atoms with E-state index in [4.69, 9.17) is 18.0 Å². The fourth-order valence-electron chi connectivity index (χ4n) is 2.64. The van der Waals surface area contributed by atoms with Gasteiger partial charge in [-0.05, 0) is 36.8 Å². The van der Waals surface area contributed by atoms with E-state index >= 15 is 0 Å². The zero-order valence-electron chi connectivity index (χ0n) is 10.9. The van der Waals surface area contributed by atoms with Gasteiger partial charge in [-0.1, -0.05) is 32.0 Å². The highest BCUT2D eigenvalue weighted by Crippen LogP contribution is 2.28. The predicted octanol–water partition coefficient (Wildman–Crippen LogP) is 2.95. The van der Waals surface area contributed by atoms with Crippen LogP contribution < -0.4 is 11.1 Å². The number of anilines is 1. The highest BCUT2D eigenvalue weighted by atomic mass is 32.1. The fourth-order valence-corrected chi connectivity index (χ4v) is 2.76. The number of pyridine rings is 1. The van der Waals surface area contributed by atoms with E-state index in [9.17, 15) is 0 Å². The zero-order chi connectivity index (χ0) is 13.0. The van der Waals surface area contributed by atoms with Crippen LogP contribution in [0.5, 0.6) is 0 Å². The maximum atomic E-state index is 5.54. The molecule has 1 aliphatic carbocycles. The molecule has 0 spiro atoms. The number of nitrogens with one attached hydrogen (secondary N) is 1. The van der Waals surface area contributed by atoms with Crippen LogP contribution in [0.25, 0.3) is 0 Å². The van der Waals surface area contributed by atoms with Crippen LogP contribution in [-0.2, 0) is 0 Å². The van der Waals surface area contributed by atoms with Crippen molar-refractivity contribution in [2.45, 2.75) is 32.6 Å². The van der Waals surface area contributed by atoms with Crippen molar-refractivity contribution in [3.63, 3.8) is 0 Å². The molecule has 1 aliphatic rings. The Labute approximate surface area is 114 Å². The molecule has 0 bridgehead atoms. The van der Waals surface area contributed by atoms with Gasteiger partial charge in [0, 0.05) is 18.3 Å². The van der Waals surface area contributed by atoms with E-state index < -0.39 is 0 Å². The number of thiocarbonyl (C=S) groups is 1. The van der Waals surface area contributed by atoms with Gasteiger partial charge in [-0.3, -0.25) is 0 Å². The lowest BCUT2D eigenvalue weighted by Gasteiger charge is -2.26. The van der Waals surface area contributed by atoms with Crippen LogP contribution in [0.2, 0.25) is 0 Å². The maximum absolute atomic E-state index is 5.54. The Hall–Kier alpha value is -1.16. The minimum absolute atomic E-state index is 0.398. The van der Waals surface area contributed by atoms with Gasteiger partial charge >= 0.3 is 0 Å². The monoisotopic (exact) mass is 263 g/mol. The van der Waals surface area contributed by atoms with Crippen molar-refractivity contribution in [1.82, 2.24) is 4.98 Å². The summed E-state index contributed by atoms with van der Waals surface area (Å²) < 4.78 is 0. The Balaban J connectivity index is 1.84. The number of aromatic nitrogens is 1. The number of rotatable bonds is 4. The molecule has 1 heterocycles. The first-order valence-electron chi connectivity index (χ1n) is 6.65. The highest BCUT2D eigenvalue weighted by Gasteiger charge is 2.18. The van der Waals surface area contributed by atoms with Gasteiger partial charge in [0.1, 0.15) is 10.8 Å². The molecule has 4 heteroatoms. The number of nitrogens with zero attached hydrogens (tertiary/aromatic N) is 1. The topological polar surface area (TPSA) is 50.9 Å². The molecule has 2 unspecified atom stereocenters. The minimum atomic E-state index is 0.398. The van der Waals surface area contributed by atoms with E-state index in [0.717, 1.165) is 29.8 Å². The third-order valence-corrected chi connectivity index (χ3v) is 3.90. The van der Waals surface area contributed by atoms with E-state index in [1.165, 1.54) is 25.7 Å². The Morgan fingerprint density at radius 2 is 2.33 bits per heavy atom. The third kappa shape index (κ3) is 3.67. The minimum Gasteiger partial charge on any atom is -0.389 e. The lowest BCUT2D eigenvalue weighted by atomic mass is 9.82. The standard InChI is InChI=1S/C14H21N3S/c1-10-3-2-4-11(7-10)8-16-13-6-5-12(9-17-13)14(15)18/h5-6,9-11H,2-4,7-8H2,1H3,(H2,15,18)(H,16,17). The van der Waals surface area contributed by atoms with Crippen LogP contribution in [0.1, 0.15) is 38.2 Å². The van der Waals surface area contributed by atoms with Gasteiger partial charge in [0.2, 0.25) is 0 Å². The second kappa shape index (κ2) is 6.14. The van der Waals surface area contributed by atoms with Crippen molar-refractivity contribution in [3.8, 4) is 0 Å². The van der Waals surface area contributed by atoms with Crippen LogP contribution in [0.4, 0.5) is 5.82 Å². The fraction of sp³-hybridized carbons (Fsp3) is 0.571. The molecule has 0 aliphatic heterocycles. The zero-order valence-corrected chi connectivity index (χ0v) is 11.7. The van der Waals surface area contributed by atoms with E-state index in [2.05, 4.69) is 17.2 Å². The maximum Gasteiger partial charge on any atom is 0.125 e. The third-order valence-electron chi connectivity index (χ3n) is 3.66. The van der Waals surface area contributed by atoms with Crippen molar-refractivity contribution in [1.29, 1.82) is 0 Å². The molecular weight excluding hydrogens is 242 g/mol. The first-order valence-corrected chi connectivity index (χ1v) is 7.05. The van der Waals surface area contributed by atoms with Gasteiger partial charge in [-0.25, -0.2) is 4.98 Å². The average Bonchev–Trinajstić information content (AvgIpc) is 2.37. The molecule has 2 atom stereocenters. The molecule has 1 aromatic rings. The van der Waals surface area contributed by atoms with Gasteiger partial charge in [-0.2, -0.15) is 0 Å². The Morgan fingerprint density at radius 3 is 2.94 bits per heavy atom. The summed E-state index contributed by atoms with van der Waals surface area (Å²) in [4.78, 5) is 4.72. The van der Waals surface area contributed by atoms with E-state index in [-0.39, 0.29) is 0 Å². The quantitative estimate of drug-likeness (QED) is 0.820. The first-order chi connectivity index (χ1) is 8.65. The number of hydrogen-bond acceptors (Lipinski definition) is 3. The molecule has 1 fully saturated rings. The van der Waals surface area contributed by atoms with Crippen molar-refractivity contribution in [2.24, 2.45) is 17.6 Å². The smallest absolute Gasteiger partial charge is 0.125 e. The van der Waals surface area contributed by atoms with Gasteiger partial charge < -0.3 is 11.1 Å². The molecule has 98 valence electrons. The van der Waals surface area contributed by atoms with Gasteiger partial charge in [0.15, 0.2) is 0 Å². The largest absolute Gasteiger partial charge is 0.389 e. The van der Waals surface area contributed by atoms with Crippen LogP contribution >= 0.6 is 12.2 Å². The Bertz CT molecular complexity index is 402. The highest BCUT2D eigenvalue weighted by molar-refractivity contribution is 7.80. The predicted molar refractivity (Wildman–Crippen MR) is 79.7 cm³/mol. The molecule has 1 aromatic heterocycles. The second-order valence-corrected chi connectivity index (χ2v) is 5.75. The van der Waals surface area contributed by atoms with Crippen LogP contribution in [0, 0.1) is 11.8 Å². The molecule has 3 N–H and O–H groups in total. The lowest BCUT2D eigenvalue weighted by Crippen LogP contribution is -2.21. The van der Waals surface area contributed by atoms with Crippen molar-refractivity contribution in [2.75, 3.05) is 11.9 Å². The van der Waals surface area contributed by atoms with Crippen molar-refractivity contribution < 1.29 is 0 Å². The Morgan fingerprint density at radius 1 is 1.50 bits per heavy atom. The molecule has 3 nitrogen and oxygen atoms in total. The SMILES string of the molecule is CC1CCCC(CNc2ccc(C(N)=S)cn2)C1. The molecule has 0 saturated heterocycles. The van der Waals surface area contributed by atoms with Crippen LogP contribution in [0.15, 0.2) is 18.3 Å². The van der Waals surface area contributed by atoms with E-state index in [0.29, 0.717) is 4.99 Å². The van der Waals surface area contributed by atoms with Crippen molar-refractivity contribution in [3.05, 3.63) is 23.9 Å². The van der Waals surface area contributed by atoms with E-state index in [1.807, 2.05) is 12.1 Å². The van der Waals surface area contributed by atoms with E-state index in [1.54, 1.807) is 6.20 Å². The molecule has 1 saturated carbocycles. The average molecular weight is 263 g/mol. The summed E-state index contributed by atoms with van der Waals surface area (Å²) in [7, 11) is 0. The second-order valence-electron chi connectivity index (χ2n) is 5.32. The molecular formula is C14H21N3S. The first kappa shape index (κ1) is 13.3. The van der Waals surface area contributed by atoms with Gasteiger partial charge in [0.05, 0.1) is 0 Å². The van der Waals surface area contributed by atoms with Crippen LogP contribution in [-0.4, -0.2) is 16.5 Å². The molecule has 0 radical (unpaired) electrons. The summed E-state index contributed by atoms with van der Waals surface area (Å²) in [6.45, 7) is 3.37. The summed E-state index contributed by atoms with van der Waals surface area (Å²) >= 11 is 4.90. The van der Waals surface area contributed by atoms with Gasteiger partial charge in [-0.15, -0.1) is 0 Å². The lowest BCUT2D eigenvalue weighted by molar-refractivity contribution is 0.293. The molecule has 0 aromatic carbocycles. The van der Waals surface area contributed by atoms with Gasteiger partial charge in [0.25, 0.3) is 0 Å². The summed E-state index contributed by atoms with van der Waals surface area (Å²) in [5.74, 6) is 2.56. The summed E-state index contributed by atoms with van der Waals surface area (Å²) in [5, 5.41) is 3.41. The van der Waals surface area contributed by atoms with Crippen molar-refractivity contribution >= 4 is 23.0 Å². The summed E-state index contributed by atoms with van der Waals surface area (Å²) in [6, 6.07) is 3.86. The molecule has 18 heavy (non-hydrogen) atoms. The normalized spacial score (nSPS) is 23.6. The Kier molecular flexibility index (Phi) is 4.53. The summed E-state index contributed by atoms with van der Waals surface area (Å²) in [6.07, 6.45) is 7.15. The van der Waals surface area contributed by atoms with Crippen LogP contribution in [0.3, 0.4) is 0 Å². The summed E-state index contributed by atoms with van der Waals surface area (Å²) in [5.41, 5.74) is 6.36.